The predicted octanol–water partition coefficient (Wildman–Crippen LogP) is 2.74. The molecule has 0 bridgehead atoms. The lowest BCUT2D eigenvalue weighted by Gasteiger charge is -2.31. The van der Waals surface area contributed by atoms with Crippen LogP contribution < -0.4 is 0 Å². The van der Waals surface area contributed by atoms with Gasteiger partial charge in [0.25, 0.3) is 0 Å². The molecule has 1 aliphatic heterocycles. The highest BCUT2D eigenvalue weighted by molar-refractivity contribution is 5.89. The molecule has 118 valence electrons. The molecule has 2 rings (SSSR count). The van der Waals surface area contributed by atoms with E-state index in [-0.39, 0.29) is 19.2 Å². The molecule has 0 radical (unpaired) electrons. The monoisotopic (exact) mass is 312 g/mol. The van der Waals surface area contributed by atoms with Crippen molar-refractivity contribution < 1.29 is 22.7 Å². The number of rotatable bonds is 3. The van der Waals surface area contributed by atoms with Gasteiger partial charge in [0.1, 0.15) is 6.10 Å². The van der Waals surface area contributed by atoms with Crippen molar-refractivity contribution in [1.29, 1.82) is 5.26 Å². The lowest BCUT2D eigenvalue weighted by atomic mass is 10.1. The Balaban J connectivity index is 1.82. The minimum absolute atomic E-state index is 0.255. The molecule has 1 heterocycles. The number of esters is 1. The third-order valence-corrected chi connectivity index (χ3v) is 3.46. The van der Waals surface area contributed by atoms with Crippen LogP contribution in [-0.4, -0.2) is 42.8 Å². The smallest absolute Gasteiger partial charge is 0.401 e. The average molecular weight is 312 g/mol. The quantitative estimate of drug-likeness (QED) is 0.805. The minimum atomic E-state index is -4.20. The van der Waals surface area contributed by atoms with Gasteiger partial charge in [0.15, 0.2) is 0 Å². The molecule has 0 saturated carbocycles. The predicted molar refractivity (Wildman–Crippen MR) is 72.1 cm³/mol. The van der Waals surface area contributed by atoms with Crippen LogP contribution in [0.5, 0.6) is 0 Å². The van der Waals surface area contributed by atoms with E-state index in [1.807, 2.05) is 6.07 Å². The number of alkyl halides is 3. The number of likely N-dealkylation sites (tertiary alicyclic amines) is 1. The zero-order valence-electron chi connectivity index (χ0n) is 11.8. The second-order valence-corrected chi connectivity index (χ2v) is 5.19. The number of ether oxygens (including phenoxy) is 1. The van der Waals surface area contributed by atoms with Crippen molar-refractivity contribution in [3.05, 3.63) is 35.4 Å². The SMILES string of the molecule is N#Cc1ccc(C(=O)OC2CCN(CC(F)(F)F)CC2)cc1. The van der Waals surface area contributed by atoms with Gasteiger partial charge in [-0.3, -0.25) is 4.90 Å². The number of hydrogen-bond donors (Lipinski definition) is 0. The Hall–Kier alpha value is -2.07. The Kier molecular flexibility index (Phi) is 5.03. The van der Waals surface area contributed by atoms with Crippen LogP contribution in [0.2, 0.25) is 0 Å². The van der Waals surface area contributed by atoms with Crippen molar-refractivity contribution >= 4 is 5.97 Å². The maximum absolute atomic E-state index is 12.3. The Morgan fingerprint density at radius 2 is 1.86 bits per heavy atom. The van der Waals surface area contributed by atoms with Gasteiger partial charge in [-0.1, -0.05) is 0 Å². The summed E-state index contributed by atoms with van der Waals surface area (Å²) in [5.41, 5.74) is 0.772. The van der Waals surface area contributed by atoms with Gasteiger partial charge in [-0.2, -0.15) is 18.4 Å². The van der Waals surface area contributed by atoms with Crippen molar-refractivity contribution in [2.75, 3.05) is 19.6 Å². The summed E-state index contributed by atoms with van der Waals surface area (Å²) in [6, 6.07) is 7.98. The summed E-state index contributed by atoms with van der Waals surface area (Å²) in [6.45, 7) is -0.418. The molecule has 1 aromatic carbocycles. The molecule has 0 amide bonds. The number of piperidine rings is 1. The standard InChI is InChI=1S/C15H15F3N2O2/c16-15(17,18)10-20-7-5-13(6-8-20)22-14(21)12-3-1-11(9-19)2-4-12/h1-4,13H,5-8,10H2. The topological polar surface area (TPSA) is 53.3 Å². The number of carbonyl (C=O) groups is 1. The van der Waals surface area contributed by atoms with E-state index in [2.05, 4.69) is 0 Å². The fourth-order valence-electron chi connectivity index (χ4n) is 2.34. The Bertz CT molecular complexity index is 556. The second-order valence-electron chi connectivity index (χ2n) is 5.19. The number of halogens is 3. The number of nitriles is 1. The van der Waals surface area contributed by atoms with Crippen LogP contribution in [0.3, 0.4) is 0 Å². The van der Waals surface area contributed by atoms with Gasteiger partial charge in [-0.05, 0) is 37.1 Å². The summed E-state index contributed by atoms with van der Waals surface area (Å²) >= 11 is 0. The summed E-state index contributed by atoms with van der Waals surface area (Å²) in [6.07, 6.45) is -3.80. The summed E-state index contributed by atoms with van der Waals surface area (Å²) in [5.74, 6) is -0.515. The molecule has 1 aliphatic rings. The van der Waals surface area contributed by atoms with Gasteiger partial charge in [0.2, 0.25) is 0 Å². The summed E-state index contributed by atoms with van der Waals surface area (Å²) in [4.78, 5) is 13.2. The van der Waals surface area contributed by atoms with Gasteiger partial charge >= 0.3 is 12.1 Å². The summed E-state index contributed by atoms with van der Waals surface area (Å²) < 4.78 is 42.1. The zero-order chi connectivity index (χ0) is 16.2. The number of carbonyl (C=O) groups excluding carboxylic acids is 1. The highest BCUT2D eigenvalue weighted by Gasteiger charge is 2.33. The summed E-state index contributed by atoms with van der Waals surface area (Å²) in [5, 5.41) is 8.68. The molecule has 1 saturated heterocycles. The summed E-state index contributed by atoms with van der Waals surface area (Å²) in [7, 11) is 0. The third kappa shape index (κ3) is 4.74. The van der Waals surface area contributed by atoms with Crippen molar-refractivity contribution in [1.82, 2.24) is 4.90 Å². The number of nitrogens with zero attached hydrogens (tertiary/aromatic N) is 2. The molecular formula is C15H15F3N2O2. The maximum Gasteiger partial charge on any atom is 0.401 e. The molecule has 0 atom stereocenters. The molecule has 0 aromatic heterocycles. The van der Waals surface area contributed by atoms with E-state index in [1.54, 1.807) is 0 Å². The van der Waals surface area contributed by atoms with Gasteiger partial charge in [0, 0.05) is 13.1 Å². The van der Waals surface area contributed by atoms with E-state index < -0.39 is 18.7 Å². The first kappa shape index (κ1) is 16.3. The van der Waals surface area contributed by atoms with Crippen LogP contribution in [0.4, 0.5) is 13.2 Å². The van der Waals surface area contributed by atoms with Crippen molar-refractivity contribution in [3.63, 3.8) is 0 Å². The van der Waals surface area contributed by atoms with Crippen LogP contribution in [0.1, 0.15) is 28.8 Å². The van der Waals surface area contributed by atoms with Crippen LogP contribution in [-0.2, 0) is 4.74 Å². The molecule has 0 N–H and O–H groups in total. The fraction of sp³-hybridized carbons (Fsp3) is 0.467. The van der Waals surface area contributed by atoms with Gasteiger partial charge in [0.05, 0.1) is 23.7 Å². The van der Waals surface area contributed by atoms with Crippen LogP contribution in [0.15, 0.2) is 24.3 Å². The van der Waals surface area contributed by atoms with E-state index in [1.165, 1.54) is 29.2 Å². The van der Waals surface area contributed by atoms with E-state index in [9.17, 15) is 18.0 Å². The average Bonchev–Trinajstić information content (AvgIpc) is 2.48. The molecule has 0 unspecified atom stereocenters. The first-order valence-corrected chi connectivity index (χ1v) is 6.87. The fourth-order valence-corrected chi connectivity index (χ4v) is 2.34. The highest BCUT2D eigenvalue weighted by atomic mass is 19.4. The largest absolute Gasteiger partial charge is 0.459 e. The number of benzene rings is 1. The molecule has 0 spiro atoms. The second kappa shape index (κ2) is 6.79. The molecule has 22 heavy (non-hydrogen) atoms. The van der Waals surface area contributed by atoms with Crippen molar-refractivity contribution in [2.24, 2.45) is 0 Å². The third-order valence-electron chi connectivity index (χ3n) is 3.46. The highest BCUT2D eigenvalue weighted by Crippen LogP contribution is 2.21. The Morgan fingerprint density at radius 3 is 2.36 bits per heavy atom. The van der Waals surface area contributed by atoms with Gasteiger partial charge in [-0.25, -0.2) is 4.79 Å². The normalized spacial score (nSPS) is 17.0. The van der Waals surface area contributed by atoms with Crippen LogP contribution in [0.25, 0.3) is 0 Å². The van der Waals surface area contributed by atoms with Crippen LogP contribution >= 0.6 is 0 Å². The molecule has 1 fully saturated rings. The van der Waals surface area contributed by atoms with Crippen molar-refractivity contribution in [3.8, 4) is 6.07 Å². The van der Waals surface area contributed by atoms with E-state index in [0.29, 0.717) is 24.0 Å². The lowest BCUT2D eigenvalue weighted by Crippen LogP contribution is -2.42. The van der Waals surface area contributed by atoms with E-state index >= 15 is 0 Å². The first-order valence-electron chi connectivity index (χ1n) is 6.87. The van der Waals surface area contributed by atoms with E-state index in [0.717, 1.165) is 0 Å². The molecular weight excluding hydrogens is 297 g/mol. The molecule has 1 aromatic rings. The Morgan fingerprint density at radius 1 is 1.27 bits per heavy atom. The Labute approximate surface area is 126 Å². The van der Waals surface area contributed by atoms with Gasteiger partial charge in [-0.15, -0.1) is 0 Å². The zero-order valence-corrected chi connectivity index (χ0v) is 11.8. The van der Waals surface area contributed by atoms with Crippen molar-refractivity contribution in [2.45, 2.75) is 25.1 Å². The van der Waals surface area contributed by atoms with Crippen LogP contribution in [0, 0.1) is 11.3 Å². The minimum Gasteiger partial charge on any atom is -0.459 e. The molecule has 7 heteroatoms. The first-order chi connectivity index (χ1) is 10.4. The maximum atomic E-state index is 12.3. The molecule has 4 nitrogen and oxygen atoms in total. The van der Waals surface area contributed by atoms with E-state index in [4.69, 9.17) is 10.00 Å². The molecule has 0 aliphatic carbocycles. The number of hydrogen-bond acceptors (Lipinski definition) is 4. The van der Waals surface area contributed by atoms with Gasteiger partial charge < -0.3 is 4.74 Å². The lowest BCUT2D eigenvalue weighted by molar-refractivity contribution is -0.150.